The van der Waals surface area contributed by atoms with Crippen molar-refractivity contribution < 1.29 is 9.90 Å². The molecule has 0 saturated carbocycles. The van der Waals surface area contributed by atoms with Gasteiger partial charge in [0, 0.05) is 18.6 Å². The van der Waals surface area contributed by atoms with Crippen LogP contribution in [0.3, 0.4) is 0 Å². The predicted molar refractivity (Wildman–Crippen MR) is 62.6 cm³/mol. The molecule has 1 amide bonds. The Kier molecular flexibility index (Phi) is 8.38. The van der Waals surface area contributed by atoms with E-state index >= 15 is 0 Å². The molecule has 3 heteroatoms. The van der Waals surface area contributed by atoms with Crippen molar-refractivity contribution in [2.24, 2.45) is 5.92 Å². The van der Waals surface area contributed by atoms with Crippen LogP contribution in [-0.4, -0.2) is 23.7 Å². The molecular formula is C12H25NO2. The summed E-state index contributed by atoms with van der Waals surface area (Å²) in [6, 6.07) is 0.0816. The summed E-state index contributed by atoms with van der Waals surface area (Å²) >= 11 is 0. The number of nitrogens with one attached hydrogen (secondary N) is 1. The highest BCUT2D eigenvalue weighted by Gasteiger charge is 2.17. The molecule has 0 bridgehead atoms. The maximum atomic E-state index is 11.8. The monoisotopic (exact) mass is 215 g/mol. The van der Waals surface area contributed by atoms with Gasteiger partial charge in [-0.25, -0.2) is 0 Å². The quantitative estimate of drug-likeness (QED) is 0.651. The van der Waals surface area contributed by atoms with Gasteiger partial charge in [-0.2, -0.15) is 0 Å². The van der Waals surface area contributed by atoms with Crippen LogP contribution in [0.4, 0.5) is 0 Å². The van der Waals surface area contributed by atoms with Crippen LogP contribution in [0, 0.1) is 5.92 Å². The fraction of sp³-hybridized carbons (Fsp3) is 0.917. The Morgan fingerprint density at radius 3 is 2.47 bits per heavy atom. The highest BCUT2D eigenvalue weighted by molar-refractivity contribution is 5.78. The summed E-state index contributed by atoms with van der Waals surface area (Å²) in [6.07, 6.45) is 4.76. The van der Waals surface area contributed by atoms with Gasteiger partial charge in [0.15, 0.2) is 0 Å². The summed E-state index contributed by atoms with van der Waals surface area (Å²) < 4.78 is 0. The minimum atomic E-state index is 0.0816. The molecule has 0 radical (unpaired) electrons. The molecule has 2 N–H and O–H groups in total. The lowest BCUT2D eigenvalue weighted by molar-refractivity contribution is -0.126. The maximum absolute atomic E-state index is 11.8. The summed E-state index contributed by atoms with van der Waals surface area (Å²) in [4.78, 5) is 11.8. The smallest absolute Gasteiger partial charge is 0.223 e. The van der Waals surface area contributed by atoms with E-state index in [1.807, 2.05) is 6.92 Å². The molecule has 15 heavy (non-hydrogen) atoms. The Morgan fingerprint density at radius 2 is 2.00 bits per heavy atom. The molecule has 0 aliphatic heterocycles. The third kappa shape index (κ3) is 6.50. The maximum Gasteiger partial charge on any atom is 0.223 e. The molecule has 0 spiro atoms. The fourth-order valence-corrected chi connectivity index (χ4v) is 1.60. The van der Waals surface area contributed by atoms with Crippen LogP contribution in [0.15, 0.2) is 0 Å². The highest BCUT2D eigenvalue weighted by atomic mass is 16.3. The Labute approximate surface area is 93.3 Å². The summed E-state index contributed by atoms with van der Waals surface area (Å²) in [5.41, 5.74) is 0. The van der Waals surface area contributed by atoms with Crippen molar-refractivity contribution in [1.82, 2.24) is 5.32 Å². The second-order valence-corrected chi connectivity index (χ2v) is 4.17. The minimum Gasteiger partial charge on any atom is -0.396 e. The molecule has 0 fully saturated rings. The molecule has 2 unspecified atom stereocenters. The molecule has 0 heterocycles. The zero-order valence-electron chi connectivity index (χ0n) is 10.3. The molecule has 0 aromatic rings. The second kappa shape index (κ2) is 8.72. The van der Waals surface area contributed by atoms with Gasteiger partial charge in [-0.05, 0) is 26.2 Å². The lowest BCUT2D eigenvalue weighted by Gasteiger charge is -2.18. The van der Waals surface area contributed by atoms with Crippen molar-refractivity contribution >= 4 is 5.91 Å². The fourth-order valence-electron chi connectivity index (χ4n) is 1.60. The minimum absolute atomic E-state index is 0.0816. The molecule has 2 atom stereocenters. The van der Waals surface area contributed by atoms with Crippen molar-refractivity contribution in [3.05, 3.63) is 0 Å². The van der Waals surface area contributed by atoms with Crippen LogP contribution in [-0.2, 0) is 4.79 Å². The zero-order chi connectivity index (χ0) is 11.7. The van der Waals surface area contributed by atoms with E-state index in [-0.39, 0.29) is 24.5 Å². The Bertz CT molecular complexity index is 171. The molecule has 0 aliphatic carbocycles. The van der Waals surface area contributed by atoms with Crippen LogP contribution in [0.2, 0.25) is 0 Å². The Morgan fingerprint density at radius 1 is 1.33 bits per heavy atom. The lowest BCUT2D eigenvalue weighted by Crippen LogP contribution is -2.37. The number of carbonyl (C=O) groups is 1. The van der Waals surface area contributed by atoms with Crippen LogP contribution in [0.25, 0.3) is 0 Å². The number of amides is 1. The van der Waals surface area contributed by atoms with Crippen molar-refractivity contribution in [3.8, 4) is 0 Å². The number of unbranched alkanes of at least 4 members (excludes halogenated alkanes) is 1. The van der Waals surface area contributed by atoms with Gasteiger partial charge < -0.3 is 10.4 Å². The first-order valence-corrected chi connectivity index (χ1v) is 6.06. The molecule has 0 aromatic heterocycles. The zero-order valence-corrected chi connectivity index (χ0v) is 10.3. The van der Waals surface area contributed by atoms with Gasteiger partial charge >= 0.3 is 0 Å². The number of aliphatic hydroxyl groups is 1. The van der Waals surface area contributed by atoms with Crippen molar-refractivity contribution in [2.75, 3.05) is 6.61 Å². The summed E-state index contributed by atoms with van der Waals surface area (Å²) in [7, 11) is 0. The van der Waals surface area contributed by atoms with E-state index < -0.39 is 0 Å². The first-order chi connectivity index (χ1) is 7.15. The lowest BCUT2D eigenvalue weighted by atomic mass is 9.98. The molecule has 0 aliphatic rings. The third-order valence-corrected chi connectivity index (χ3v) is 2.72. The standard InChI is InChI=1S/C12H25NO2/c1-4-6-7-11(5-2)12(15)13-10(3)8-9-14/h10-11,14H,4-9H2,1-3H3,(H,13,15). The first-order valence-electron chi connectivity index (χ1n) is 6.06. The van der Waals surface area contributed by atoms with E-state index in [0.29, 0.717) is 6.42 Å². The van der Waals surface area contributed by atoms with Crippen LogP contribution in [0.5, 0.6) is 0 Å². The summed E-state index contributed by atoms with van der Waals surface area (Å²) in [6.45, 7) is 6.25. The average molecular weight is 215 g/mol. The van der Waals surface area contributed by atoms with Gasteiger partial charge in [0.25, 0.3) is 0 Å². The van der Waals surface area contributed by atoms with Crippen LogP contribution >= 0.6 is 0 Å². The van der Waals surface area contributed by atoms with Crippen LogP contribution in [0.1, 0.15) is 52.9 Å². The summed E-state index contributed by atoms with van der Waals surface area (Å²) in [5.74, 6) is 0.290. The topological polar surface area (TPSA) is 49.3 Å². The molecule has 90 valence electrons. The van der Waals surface area contributed by atoms with Crippen molar-refractivity contribution in [3.63, 3.8) is 0 Å². The van der Waals surface area contributed by atoms with Gasteiger partial charge in [-0.3, -0.25) is 4.79 Å². The molecule has 0 aromatic carbocycles. The van der Waals surface area contributed by atoms with E-state index in [2.05, 4.69) is 19.2 Å². The average Bonchev–Trinajstić information content (AvgIpc) is 2.19. The largest absolute Gasteiger partial charge is 0.396 e. The van der Waals surface area contributed by atoms with Crippen molar-refractivity contribution in [1.29, 1.82) is 0 Å². The van der Waals surface area contributed by atoms with Crippen LogP contribution < -0.4 is 5.32 Å². The van der Waals surface area contributed by atoms with Gasteiger partial charge in [0.2, 0.25) is 5.91 Å². The van der Waals surface area contributed by atoms with E-state index in [9.17, 15) is 4.79 Å². The number of aliphatic hydroxyl groups excluding tert-OH is 1. The Hall–Kier alpha value is -0.570. The SMILES string of the molecule is CCCCC(CC)C(=O)NC(C)CCO. The normalized spacial score (nSPS) is 14.7. The van der Waals surface area contributed by atoms with E-state index in [1.165, 1.54) is 0 Å². The number of hydrogen-bond donors (Lipinski definition) is 2. The number of carbonyl (C=O) groups excluding carboxylic acids is 1. The Balaban J connectivity index is 3.91. The molecule has 0 rings (SSSR count). The van der Waals surface area contributed by atoms with Gasteiger partial charge in [-0.1, -0.05) is 26.7 Å². The predicted octanol–water partition coefficient (Wildman–Crippen LogP) is 2.09. The van der Waals surface area contributed by atoms with Gasteiger partial charge in [0.05, 0.1) is 0 Å². The first kappa shape index (κ1) is 14.4. The molecule has 0 saturated heterocycles. The number of hydrogen-bond acceptors (Lipinski definition) is 2. The third-order valence-electron chi connectivity index (χ3n) is 2.72. The van der Waals surface area contributed by atoms with Gasteiger partial charge in [0.1, 0.15) is 0 Å². The molecular weight excluding hydrogens is 190 g/mol. The summed E-state index contributed by atoms with van der Waals surface area (Å²) in [5, 5.41) is 11.7. The van der Waals surface area contributed by atoms with Gasteiger partial charge in [-0.15, -0.1) is 0 Å². The van der Waals surface area contributed by atoms with Crippen molar-refractivity contribution in [2.45, 2.75) is 58.9 Å². The molecule has 3 nitrogen and oxygen atoms in total. The van der Waals surface area contributed by atoms with E-state index in [4.69, 9.17) is 5.11 Å². The second-order valence-electron chi connectivity index (χ2n) is 4.17. The van der Waals surface area contributed by atoms with E-state index in [0.717, 1.165) is 25.7 Å². The highest BCUT2D eigenvalue weighted by Crippen LogP contribution is 2.12. The van der Waals surface area contributed by atoms with E-state index in [1.54, 1.807) is 0 Å². The number of rotatable bonds is 8.